The van der Waals surface area contributed by atoms with Crippen molar-refractivity contribution in [3.8, 4) is 11.3 Å². The van der Waals surface area contributed by atoms with E-state index in [0.29, 0.717) is 5.56 Å². The van der Waals surface area contributed by atoms with Crippen LogP contribution in [-0.2, 0) is 13.0 Å². The van der Waals surface area contributed by atoms with Crippen molar-refractivity contribution in [1.82, 2.24) is 4.57 Å². The average Bonchev–Trinajstić information content (AvgIpc) is 3.00. The second-order valence-corrected chi connectivity index (χ2v) is 6.86. The van der Waals surface area contributed by atoms with Gasteiger partial charge in [0.15, 0.2) is 4.80 Å². The predicted octanol–water partition coefficient (Wildman–Crippen LogP) is 4.93. The van der Waals surface area contributed by atoms with Crippen LogP contribution in [0.5, 0.6) is 0 Å². The molecular weight excluding hydrogens is 328 g/mol. The summed E-state index contributed by atoms with van der Waals surface area (Å²) in [7, 11) is 0. The molecule has 2 aromatic carbocycles. The normalized spacial score (nSPS) is 11.7. The molecule has 0 saturated carbocycles. The molecule has 1 aromatic heterocycles. The number of hydrogen-bond acceptors (Lipinski definition) is 2. The second-order valence-electron chi connectivity index (χ2n) is 5.80. The van der Waals surface area contributed by atoms with Gasteiger partial charge in [0, 0.05) is 17.0 Å². The molecule has 3 aromatic rings. The summed E-state index contributed by atoms with van der Waals surface area (Å²) < 4.78 is 2.16. The van der Waals surface area contributed by atoms with Crippen molar-refractivity contribution < 1.29 is 4.79 Å². The Morgan fingerprint density at radius 1 is 1.00 bits per heavy atom. The number of rotatable bonds is 5. The number of aryl methyl sites for hydroxylation is 1. The highest BCUT2D eigenvalue weighted by Gasteiger charge is 2.15. The van der Waals surface area contributed by atoms with Crippen LogP contribution in [0.3, 0.4) is 0 Å². The minimum Gasteiger partial charge on any atom is -0.316 e. The first-order valence-electron chi connectivity index (χ1n) is 8.66. The van der Waals surface area contributed by atoms with Gasteiger partial charge in [-0.3, -0.25) is 4.79 Å². The molecule has 0 unspecified atom stereocenters. The van der Waals surface area contributed by atoms with Crippen LogP contribution in [0.2, 0.25) is 0 Å². The van der Waals surface area contributed by atoms with E-state index in [4.69, 9.17) is 0 Å². The van der Waals surface area contributed by atoms with Crippen LogP contribution in [0.1, 0.15) is 35.5 Å². The fraction of sp³-hybridized carbons (Fsp3) is 0.238. The van der Waals surface area contributed by atoms with Crippen LogP contribution in [0, 0.1) is 0 Å². The summed E-state index contributed by atoms with van der Waals surface area (Å²) >= 11 is 1.63. The Balaban J connectivity index is 2.15. The Morgan fingerprint density at radius 2 is 1.64 bits per heavy atom. The molecule has 0 aliphatic carbocycles. The summed E-state index contributed by atoms with van der Waals surface area (Å²) in [5.74, 6) is -0.188. The molecule has 0 aliphatic rings. The van der Waals surface area contributed by atoms with E-state index in [2.05, 4.69) is 47.7 Å². The van der Waals surface area contributed by atoms with Crippen LogP contribution in [0.15, 0.2) is 65.7 Å². The minimum absolute atomic E-state index is 0.188. The fourth-order valence-electron chi connectivity index (χ4n) is 2.88. The first-order valence-corrected chi connectivity index (χ1v) is 9.48. The van der Waals surface area contributed by atoms with Crippen molar-refractivity contribution in [2.45, 2.75) is 33.2 Å². The monoisotopic (exact) mass is 350 g/mol. The predicted molar refractivity (Wildman–Crippen MR) is 104 cm³/mol. The van der Waals surface area contributed by atoms with Crippen LogP contribution in [-0.4, -0.2) is 10.5 Å². The molecule has 128 valence electrons. The lowest BCUT2D eigenvalue weighted by Crippen LogP contribution is -2.17. The lowest BCUT2D eigenvalue weighted by atomic mass is 10.1. The standard InChI is InChI=1S/C21H22N2OS/c1-3-11-18-19(16-12-7-5-8-13-16)23(4-2)21(25-18)22-20(24)17-14-9-6-10-15-17/h5-10,12-15H,3-4,11H2,1-2H3. The third kappa shape index (κ3) is 3.80. The largest absolute Gasteiger partial charge is 0.316 e. The third-order valence-electron chi connectivity index (χ3n) is 4.04. The zero-order chi connectivity index (χ0) is 17.6. The van der Waals surface area contributed by atoms with Gasteiger partial charge < -0.3 is 4.57 Å². The van der Waals surface area contributed by atoms with Gasteiger partial charge in [0.1, 0.15) is 0 Å². The second kappa shape index (κ2) is 8.08. The SMILES string of the molecule is CCCc1sc(=NC(=O)c2ccccc2)n(CC)c1-c1ccccc1. The molecule has 4 heteroatoms. The highest BCUT2D eigenvalue weighted by Crippen LogP contribution is 2.27. The molecule has 0 spiro atoms. The molecule has 1 amide bonds. The Morgan fingerprint density at radius 3 is 2.24 bits per heavy atom. The average molecular weight is 350 g/mol. The summed E-state index contributed by atoms with van der Waals surface area (Å²) in [6.45, 7) is 5.06. The molecule has 0 fully saturated rings. The number of aromatic nitrogens is 1. The van der Waals surface area contributed by atoms with E-state index >= 15 is 0 Å². The van der Waals surface area contributed by atoms with Crippen LogP contribution in [0.25, 0.3) is 11.3 Å². The number of amides is 1. The minimum atomic E-state index is -0.188. The quantitative estimate of drug-likeness (QED) is 0.642. The Labute approximate surface area is 152 Å². The van der Waals surface area contributed by atoms with Crippen molar-refractivity contribution in [1.29, 1.82) is 0 Å². The van der Waals surface area contributed by atoms with Gasteiger partial charge in [-0.05, 0) is 31.0 Å². The number of benzene rings is 2. The smallest absolute Gasteiger partial charge is 0.279 e. The molecular formula is C21H22N2OS. The number of carbonyl (C=O) groups excluding carboxylic acids is 1. The molecule has 0 N–H and O–H groups in total. The molecule has 1 heterocycles. The zero-order valence-electron chi connectivity index (χ0n) is 14.6. The van der Waals surface area contributed by atoms with E-state index < -0.39 is 0 Å². The van der Waals surface area contributed by atoms with Gasteiger partial charge in [-0.15, -0.1) is 11.3 Å². The van der Waals surface area contributed by atoms with Gasteiger partial charge in [0.2, 0.25) is 0 Å². The highest BCUT2D eigenvalue weighted by atomic mass is 32.1. The van der Waals surface area contributed by atoms with E-state index in [1.165, 1.54) is 16.1 Å². The zero-order valence-corrected chi connectivity index (χ0v) is 15.4. The van der Waals surface area contributed by atoms with E-state index in [1.54, 1.807) is 23.5 Å². The lowest BCUT2D eigenvalue weighted by Gasteiger charge is -2.08. The van der Waals surface area contributed by atoms with Gasteiger partial charge in [-0.25, -0.2) is 0 Å². The van der Waals surface area contributed by atoms with Crippen LogP contribution in [0.4, 0.5) is 0 Å². The van der Waals surface area contributed by atoms with Crippen molar-refractivity contribution in [3.05, 3.63) is 75.9 Å². The number of nitrogens with zero attached hydrogens (tertiary/aromatic N) is 2. The van der Waals surface area contributed by atoms with Gasteiger partial charge >= 0.3 is 0 Å². The number of hydrogen-bond donors (Lipinski definition) is 0. The lowest BCUT2D eigenvalue weighted by molar-refractivity contribution is 0.0998. The first kappa shape index (κ1) is 17.4. The molecule has 3 nitrogen and oxygen atoms in total. The Hall–Kier alpha value is -2.46. The Bertz CT molecular complexity index is 908. The van der Waals surface area contributed by atoms with Crippen molar-refractivity contribution >= 4 is 17.2 Å². The maximum atomic E-state index is 12.5. The third-order valence-corrected chi connectivity index (χ3v) is 5.18. The number of thiazole rings is 1. The molecule has 0 saturated heterocycles. The first-order chi connectivity index (χ1) is 12.2. The van der Waals surface area contributed by atoms with E-state index in [1.807, 2.05) is 24.3 Å². The van der Waals surface area contributed by atoms with Crippen LogP contribution >= 0.6 is 11.3 Å². The van der Waals surface area contributed by atoms with E-state index in [9.17, 15) is 4.79 Å². The molecule has 0 atom stereocenters. The Kier molecular flexibility index (Phi) is 5.61. The maximum Gasteiger partial charge on any atom is 0.279 e. The molecule has 0 radical (unpaired) electrons. The molecule has 3 rings (SSSR count). The summed E-state index contributed by atoms with van der Waals surface area (Å²) in [6, 6.07) is 19.6. The topological polar surface area (TPSA) is 34.4 Å². The number of carbonyl (C=O) groups is 1. The van der Waals surface area contributed by atoms with Gasteiger partial charge in [0.05, 0.1) is 5.69 Å². The van der Waals surface area contributed by atoms with Gasteiger partial charge in [-0.2, -0.15) is 4.99 Å². The highest BCUT2D eigenvalue weighted by molar-refractivity contribution is 7.09. The fourth-order valence-corrected chi connectivity index (χ4v) is 4.19. The summed E-state index contributed by atoms with van der Waals surface area (Å²) in [5.41, 5.74) is 2.99. The van der Waals surface area contributed by atoms with Crippen molar-refractivity contribution in [3.63, 3.8) is 0 Å². The molecule has 25 heavy (non-hydrogen) atoms. The van der Waals surface area contributed by atoms with Crippen LogP contribution < -0.4 is 4.80 Å². The maximum absolute atomic E-state index is 12.5. The molecule has 0 aliphatic heterocycles. The van der Waals surface area contributed by atoms with Crippen molar-refractivity contribution in [2.24, 2.45) is 4.99 Å². The van der Waals surface area contributed by atoms with Gasteiger partial charge in [-0.1, -0.05) is 61.9 Å². The summed E-state index contributed by atoms with van der Waals surface area (Å²) in [6.07, 6.45) is 2.06. The van der Waals surface area contributed by atoms with Crippen molar-refractivity contribution in [2.75, 3.05) is 0 Å². The van der Waals surface area contributed by atoms with Gasteiger partial charge in [0.25, 0.3) is 5.91 Å². The molecule has 0 bridgehead atoms. The van der Waals surface area contributed by atoms with E-state index in [0.717, 1.165) is 24.2 Å². The van der Waals surface area contributed by atoms with E-state index in [-0.39, 0.29) is 5.91 Å². The summed E-state index contributed by atoms with van der Waals surface area (Å²) in [4.78, 5) is 19.0. The summed E-state index contributed by atoms with van der Waals surface area (Å²) in [5, 5.41) is 0.